The Kier molecular flexibility index (Phi) is 4.99. The molecular weight excluding hydrogens is 347 g/mol. The number of hydrogen-bond donors (Lipinski definition) is 1. The molecule has 3 aromatic rings. The second kappa shape index (κ2) is 7.34. The van der Waals surface area contributed by atoms with Crippen LogP contribution in [0, 0.1) is 0 Å². The molecule has 120 valence electrons. The molecule has 0 radical (unpaired) electrons. The third-order valence-corrected chi connectivity index (χ3v) is 3.78. The minimum absolute atomic E-state index is 0.295. The lowest BCUT2D eigenvalue weighted by atomic mass is 10.2. The van der Waals surface area contributed by atoms with Gasteiger partial charge in [0, 0.05) is 16.1 Å². The van der Waals surface area contributed by atoms with E-state index in [9.17, 15) is 4.79 Å². The van der Waals surface area contributed by atoms with Gasteiger partial charge in [-0.1, -0.05) is 41.4 Å². The van der Waals surface area contributed by atoms with Crippen LogP contribution >= 0.6 is 23.2 Å². The van der Waals surface area contributed by atoms with Gasteiger partial charge in [0.1, 0.15) is 11.5 Å². The molecule has 2 aromatic carbocycles. The van der Waals surface area contributed by atoms with Crippen molar-refractivity contribution in [3.8, 4) is 11.3 Å². The van der Waals surface area contributed by atoms with Gasteiger partial charge in [0.25, 0.3) is 5.91 Å². The first-order chi connectivity index (χ1) is 11.6. The molecule has 0 aliphatic carbocycles. The van der Waals surface area contributed by atoms with E-state index in [-0.39, 0.29) is 5.91 Å². The number of hydrogen-bond acceptors (Lipinski definition) is 3. The van der Waals surface area contributed by atoms with E-state index in [1.807, 2.05) is 6.07 Å². The number of furan rings is 1. The first-order valence-electron chi connectivity index (χ1n) is 7.07. The number of amides is 1. The summed E-state index contributed by atoms with van der Waals surface area (Å²) in [6, 6.07) is 17.4. The highest BCUT2D eigenvalue weighted by molar-refractivity contribution is 6.35. The molecule has 0 saturated heterocycles. The van der Waals surface area contributed by atoms with E-state index in [4.69, 9.17) is 27.6 Å². The largest absolute Gasteiger partial charge is 0.455 e. The first kappa shape index (κ1) is 16.3. The minimum atomic E-state index is -0.295. The Morgan fingerprint density at radius 1 is 1.04 bits per heavy atom. The number of carbonyl (C=O) groups is 1. The van der Waals surface area contributed by atoms with Crippen LogP contribution < -0.4 is 5.43 Å². The standard InChI is InChI=1S/C18H12Cl2N2O2/c19-13-6-8-16(20)15(10-13)17-9-7-14(24-17)11-21-22-18(23)12-4-2-1-3-5-12/h1-11H,(H,22,23). The molecule has 1 heterocycles. The van der Waals surface area contributed by atoms with E-state index in [0.717, 1.165) is 0 Å². The molecule has 0 aliphatic rings. The smallest absolute Gasteiger partial charge is 0.271 e. The molecule has 6 heteroatoms. The Morgan fingerprint density at radius 2 is 1.83 bits per heavy atom. The highest BCUT2D eigenvalue weighted by atomic mass is 35.5. The summed E-state index contributed by atoms with van der Waals surface area (Å²) in [5.74, 6) is 0.754. The molecule has 0 saturated carbocycles. The molecule has 0 unspecified atom stereocenters. The normalized spacial score (nSPS) is 10.9. The Morgan fingerprint density at radius 3 is 2.62 bits per heavy atom. The average Bonchev–Trinajstić information content (AvgIpc) is 3.06. The van der Waals surface area contributed by atoms with E-state index in [0.29, 0.717) is 32.7 Å². The van der Waals surface area contributed by atoms with Gasteiger partial charge in [0.2, 0.25) is 0 Å². The van der Waals surface area contributed by atoms with Crippen molar-refractivity contribution in [2.24, 2.45) is 5.10 Å². The Labute approximate surface area is 148 Å². The highest BCUT2D eigenvalue weighted by Crippen LogP contribution is 2.31. The maximum atomic E-state index is 11.9. The van der Waals surface area contributed by atoms with Gasteiger partial charge < -0.3 is 4.42 Å². The Bertz CT molecular complexity index is 889. The van der Waals surface area contributed by atoms with E-state index < -0.39 is 0 Å². The Hall–Kier alpha value is -2.56. The lowest BCUT2D eigenvalue weighted by molar-refractivity contribution is 0.0955. The van der Waals surface area contributed by atoms with Crippen molar-refractivity contribution in [3.05, 3.63) is 82.0 Å². The summed E-state index contributed by atoms with van der Waals surface area (Å²) in [6.07, 6.45) is 1.42. The second-order valence-electron chi connectivity index (χ2n) is 4.89. The summed E-state index contributed by atoms with van der Waals surface area (Å²) >= 11 is 12.1. The number of hydrazone groups is 1. The van der Waals surface area contributed by atoms with Crippen LogP contribution in [0.15, 0.2) is 70.2 Å². The number of nitrogens with one attached hydrogen (secondary N) is 1. The van der Waals surface area contributed by atoms with Crippen LogP contribution in [-0.2, 0) is 0 Å². The molecule has 0 bridgehead atoms. The zero-order valence-corrected chi connectivity index (χ0v) is 13.9. The van der Waals surface area contributed by atoms with Gasteiger partial charge in [-0.15, -0.1) is 0 Å². The SMILES string of the molecule is O=C(NN=Cc1ccc(-c2cc(Cl)ccc2Cl)o1)c1ccccc1. The van der Waals surface area contributed by atoms with Crippen molar-refractivity contribution < 1.29 is 9.21 Å². The van der Waals surface area contributed by atoms with Gasteiger partial charge >= 0.3 is 0 Å². The zero-order chi connectivity index (χ0) is 16.9. The van der Waals surface area contributed by atoms with Crippen molar-refractivity contribution in [1.29, 1.82) is 0 Å². The van der Waals surface area contributed by atoms with Gasteiger partial charge in [-0.3, -0.25) is 4.79 Å². The second-order valence-corrected chi connectivity index (χ2v) is 5.73. The van der Waals surface area contributed by atoms with Crippen molar-refractivity contribution >= 4 is 35.3 Å². The lowest BCUT2D eigenvalue weighted by Gasteiger charge is -2.01. The number of rotatable bonds is 4. The third-order valence-electron chi connectivity index (χ3n) is 3.21. The van der Waals surface area contributed by atoms with Crippen molar-refractivity contribution in [3.63, 3.8) is 0 Å². The number of carbonyl (C=O) groups excluding carboxylic acids is 1. The van der Waals surface area contributed by atoms with Crippen LogP contribution in [0.1, 0.15) is 16.1 Å². The highest BCUT2D eigenvalue weighted by Gasteiger charge is 2.09. The molecule has 3 rings (SSSR count). The van der Waals surface area contributed by atoms with Gasteiger partial charge in [0.05, 0.1) is 11.2 Å². The quantitative estimate of drug-likeness (QED) is 0.525. The summed E-state index contributed by atoms with van der Waals surface area (Å²) in [4.78, 5) is 11.9. The van der Waals surface area contributed by atoms with Crippen LogP contribution in [0.4, 0.5) is 0 Å². The molecular formula is C18H12Cl2N2O2. The van der Waals surface area contributed by atoms with Crippen LogP contribution in [0.5, 0.6) is 0 Å². The number of halogens is 2. The monoisotopic (exact) mass is 358 g/mol. The van der Waals surface area contributed by atoms with Crippen molar-refractivity contribution in [1.82, 2.24) is 5.43 Å². The van der Waals surface area contributed by atoms with Crippen molar-refractivity contribution in [2.75, 3.05) is 0 Å². The molecule has 0 spiro atoms. The van der Waals surface area contributed by atoms with Crippen LogP contribution in [0.3, 0.4) is 0 Å². The van der Waals surface area contributed by atoms with E-state index in [1.165, 1.54) is 6.21 Å². The van der Waals surface area contributed by atoms with Crippen molar-refractivity contribution in [2.45, 2.75) is 0 Å². The van der Waals surface area contributed by atoms with Gasteiger partial charge in [-0.25, -0.2) is 5.43 Å². The summed E-state index contributed by atoms with van der Waals surface area (Å²) < 4.78 is 5.65. The molecule has 1 N–H and O–H groups in total. The fraction of sp³-hybridized carbons (Fsp3) is 0. The first-order valence-corrected chi connectivity index (χ1v) is 7.83. The van der Waals surface area contributed by atoms with E-state index in [2.05, 4.69) is 10.5 Å². The number of nitrogens with zero attached hydrogens (tertiary/aromatic N) is 1. The Balaban J connectivity index is 1.70. The maximum absolute atomic E-state index is 11.9. The summed E-state index contributed by atoms with van der Waals surface area (Å²) in [7, 11) is 0. The van der Waals surface area contributed by atoms with Gasteiger partial charge in [0.15, 0.2) is 0 Å². The summed E-state index contributed by atoms with van der Waals surface area (Å²) in [6.45, 7) is 0. The predicted octanol–water partition coefficient (Wildman–Crippen LogP) is 5.02. The molecule has 24 heavy (non-hydrogen) atoms. The minimum Gasteiger partial charge on any atom is -0.455 e. The van der Waals surface area contributed by atoms with Crippen LogP contribution in [-0.4, -0.2) is 12.1 Å². The molecule has 4 nitrogen and oxygen atoms in total. The topological polar surface area (TPSA) is 54.6 Å². The van der Waals surface area contributed by atoms with E-state index in [1.54, 1.807) is 54.6 Å². The van der Waals surface area contributed by atoms with Crippen LogP contribution in [0.2, 0.25) is 10.0 Å². The fourth-order valence-corrected chi connectivity index (χ4v) is 2.44. The summed E-state index contributed by atoms with van der Waals surface area (Å²) in [5.41, 5.74) is 3.66. The molecule has 0 aliphatic heterocycles. The zero-order valence-electron chi connectivity index (χ0n) is 12.4. The van der Waals surface area contributed by atoms with Crippen LogP contribution in [0.25, 0.3) is 11.3 Å². The molecule has 1 aromatic heterocycles. The summed E-state index contributed by atoms with van der Waals surface area (Å²) in [5, 5.41) is 4.99. The predicted molar refractivity (Wildman–Crippen MR) is 95.7 cm³/mol. The molecule has 1 amide bonds. The maximum Gasteiger partial charge on any atom is 0.271 e. The van der Waals surface area contributed by atoms with E-state index >= 15 is 0 Å². The molecule has 0 fully saturated rings. The molecule has 0 atom stereocenters. The third kappa shape index (κ3) is 3.85. The average molecular weight is 359 g/mol. The lowest BCUT2D eigenvalue weighted by Crippen LogP contribution is -2.17. The fourth-order valence-electron chi connectivity index (χ4n) is 2.06. The van der Waals surface area contributed by atoms with Gasteiger partial charge in [-0.2, -0.15) is 5.10 Å². The van der Waals surface area contributed by atoms with Gasteiger partial charge in [-0.05, 0) is 42.5 Å². The number of benzene rings is 2.